The van der Waals surface area contributed by atoms with E-state index >= 15 is 8.78 Å². The molecule has 0 saturated heterocycles. The van der Waals surface area contributed by atoms with Gasteiger partial charge in [0.25, 0.3) is 0 Å². The van der Waals surface area contributed by atoms with Crippen molar-refractivity contribution in [3.8, 4) is 11.3 Å². The normalized spacial score (nSPS) is 13.5. The summed E-state index contributed by atoms with van der Waals surface area (Å²) >= 11 is 0. The molecule has 1 unspecified atom stereocenters. The van der Waals surface area contributed by atoms with Gasteiger partial charge in [0.05, 0.1) is 28.6 Å². The summed E-state index contributed by atoms with van der Waals surface area (Å²) in [5.41, 5.74) is -5.65. The highest BCUT2D eigenvalue weighted by Gasteiger charge is 2.53. The van der Waals surface area contributed by atoms with E-state index in [0.29, 0.717) is 16.8 Å². The van der Waals surface area contributed by atoms with Crippen molar-refractivity contribution in [2.45, 2.75) is 53.8 Å². The summed E-state index contributed by atoms with van der Waals surface area (Å²) < 4.78 is 64.8. The minimum absolute atomic E-state index is 0.0410. The average Bonchev–Trinajstić information content (AvgIpc) is 3.24. The fourth-order valence-electron chi connectivity index (χ4n) is 4.14. The Bertz CT molecular complexity index is 1760. The number of esters is 3. The van der Waals surface area contributed by atoms with Crippen LogP contribution in [0.15, 0.2) is 53.5 Å². The van der Waals surface area contributed by atoms with Gasteiger partial charge in [0.15, 0.2) is 0 Å². The summed E-state index contributed by atoms with van der Waals surface area (Å²) in [4.78, 5) is 59.2. The first kappa shape index (κ1) is 37.4. The van der Waals surface area contributed by atoms with Crippen molar-refractivity contribution in [3.05, 3.63) is 75.8 Å². The van der Waals surface area contributed by atoms with Crippen LogP contribution < -0.4 is 11.2 Å². The van der Waals surface area contributed by atoms with Crippen LogP contribution in [0.4, 0.5) is 8.78 Å². The lowest BCUT2D eigenvalue weighted by molar-refractivity contribution is -0.162. The summed E-state index contributed by atoms with van der Waals surface area (Å²) in [6.07, 6.45) is 1.57. The molecule has 1 atom stereocenters. The lowest BCUT2D eigenvalue weighted by Gasteiger charge is -2.25. The number of imidazole rings is 1. The van der Waals surface area contributed by atoms with Gasteiger partial charge >= 0.3 is 36.9 Å². The predicted octanol–water partition coefficient (Wildman–Crippen LogP) is 3.66. The summed E-state index contributed by atoms with van der Waals surface area (Å²) in [6.45, 7) is 7.83. The highest BCUT2D eigenvalue weighted by molar-refractivity contribution is 7.53. The molecule has 12 nitrogen and oxygen atoms in total. The molecule has 0 aliphatic carbocycles. The van der Waals surface area contributed by atoms with Crippen LogP contribution in [0.2, 0.25) is 0 Å². The molecular weight excluding hydrogens is 640 g/mol. The number of hydrogen-bond donors (Lipinski definition) is 1. The SMILES string of the molecule is Bc1cc(Cn2c(-c3ccc(C(=O)OCOC(=O)C(C)(C)C)cc3)cn(C)c2=O)ccc1C(F)(F)P(=O)(O)OCOC(=O)C(C)(C)C. The zero-order chi connectivity index (χ0) is 35.5. The van der Waals surface area contributed by atoms with Crippen molar-refractivity contribution in [1.82, 2.24) is 9.13 Å². The molecule has 0 radical (unpaired) electrons. The van der Waals surface area contributed by atoms with Crippen LogP contribution in [0.1, 0.15) is 63.0 Å². The van der Waals surface area contributed by atoms with Crippen LogP contribution in [0.5, 0.6) is 0 Å². The van der Waals surface area contributed by atoms with Crippen LogP contribution in [0.3, 0.4) is 0 Å². The smallest absolute Gasteiger partial charge is 0.404 e. The van der Waals surface area contributed by atoms with Crippen molar-refractivity contribution < 1.29 is 51.4 Å². The number of hydrogen-bond acceptors (Lipinski definition) is 9. The van der Waals surface area contributed by atoms with Gasteiger partial charge in [-0.1, -0.05) is 35.8 Å². The Hall–Kier alpha value is -4.07. The van der Waals surface area contributed by atoms with Gasteiger partial charge in [-0.15, -0.1) is 0 Å². The Morgan fingerprint density at radius 2 is 1.45 bits per heavy atom. The number of alkyl halides is 2. The summed E-state index contributed by atoms with van der Waals surface area (Å²) in [6, 6.07) is 9.77. The maximum absolute atomic E-state index is 15.2. The molecule has 2 aromatic carbocycles. The standard InChI is InChI=1S/C31H38BF2N2O10P/c1-29(2,3)26(38)44-17-43-25(37)21-11-9-20(10-12-21)24-16-35(7)28(40)36(24)15-19-8-13-22(23(32)14-19)31(33,34)47(41,42)46-18-45-27(39)30(4,5)6/h8-14,16H,15,17-18,32H2,1-7H3,(H,41,42). The second-order valence-electron chi connectivity index (χ2n) is 12.9. The largest absolute Gasteiger partial charge is 0.438 e. The maximum Gasteiger partial charge on any atom is 0.404 e. The van der Waals surface area contributed by atoms with E-state index in [2.05, 4.69) is 4.52 Å². The van der Waals surface area contributed by atoms with E-state index in [1.807, 2.05) is 0 Å². The van der Waals surface area contributed by atoms with Crippen molar-refractivity contribution >= 4 is 38.8 Å². The summed E-state index contributed by atoms with van der Waals surface area (Å²) in [5, 5.41) is 0. The minimum Gasteiger partial charge on any atom is -0.438 e. The Balaban J connectivity index is 1.77. The first-order valence-electron chi connectivity index (χ1n) is 14.4. The van der Waals surface area contributed by atoms with E-state index in [4.69, 9.17) is 14.2 Å². The first-order valence-corrected chi connectivity index (χ1v) is 16.0. The van der Waals surface area contributed by atoms with Crippen molar-refractivity contribution in [2.24, 2.45) is 17.9 Å². The van der Waals surface area contributed by atoms with Gasteiger partial charge < -0.3 is 23.7 Å². The van der Waals surface area contributed by atoms with Gasteiger partial charge in [-0.2, -0.15) is 8.78 Å². The van der Waals surface area contributed by atoms with Gasteiger partial charge in [-0.05, 0) is 64.8 Å². The Morgan fingerprint density at radius 1 is 0.894 bits per heavy atom. The number of benzene rings is 2. The molecule has 3 rings (SSSR count). The summed E-state index contributed by atoms with van der Waals surface area (Å²) in [7, 11) is -2.78. The Morgan fingerprint density at radius 3 is 1.98 bits per heavy atom. The van der Waals surface area contributed by atoms with Crippen LogP contribution in [-0.4, -0.2) is 53.4 Å². The number of aromatic nitrogens is 2. The molecule has 0 spiro atoms. The molecule has 3 aromatic rings. The molecule has 0 fully saturated rings. The van der Waals surface area contributed by atoms with E-state index < -0.39 is 66.8 Å². The quantitative estimate of drug-likeness (QED) is 0.138. The zero-order valence-corrected chi connectivity index (χ0v) is 28.4. The lowest BCUT2D eigenvalue weighted by Crippen LogP contribution is -2.28. The van der Waals surface area contributed by atoms with Gasteiger partial charge in [-0.3, -0.25) is 23.2 Å². The number of carbonyl (C=O) groups is 3. The first-order chi connectivity index (χ1) is 21.6. The van der Waals surface area contributed by atoms with E-state index in [0.717, 1.165) is 6.07 Å². The molecular formula is C31H38BF2N2O10P. The third-order valence-corrected chi connectivity index (χ3v) is 8.29. The van der Waals surface area contributed by atoms with E-state index in [9.17, 15) is 28.6 Å². The molecule has 16 heteroatoms. The van der Waals surface area contributed by atoms with E-state index in [1.54, 1.807) is 46.1 Å². The van der Waals surface area contributed by atoms with Crippen molar-refractivity contribution in [3.63, 3.8) is 0 Å². The van der Waals surface area contributed by atoms with Crippen molar-refractivity contribution in [2.75, 3.05) is 13.6 Å². The van der Waals surface area contributed by atoms with Crippen LogP contribution in [0, 0.1) is 10.8 Å². The zero-order valence-electron chi connectivity index (χ0n) is 27.5. The van der Waals surface area contributed by atoms with Crippen LogP contribution >= 0.6 is 7.60 Å². The predicted molar refractivity (Wildman–Crippen MR) is 170 cm³/mol. The highest BCUT2D eigenvalue weighted by Crippen LogP contribution is 2.62. The summed E-state index contributed by atoms with van der Waals surface area (Å²) in [5.74, 6) is -2.05. The fourth-order valence-corrected chi connectivity index (χ4v) is 5.06. The number of rotatable bonds is 11. The van der Waals surface area contributed by atoms with E-state index in [-0.39, 0.29) is 17.6 Å². The number of carbonyl (C=O) groups excluding carboxylic acids is 3. The van der Waals surface area contributed by atoms with Crippen molar-refractivity contribution in [1.29, 1.82) is 0 Å². The Labute approximate surface area is 271 Å². The lowest BCUT2D eigenvalue weighted by atomic mass is 9.89. The second kappa shape index (κ2) is 14.0. The molecule has 1 N–H and O–H groups in total. The third kappa shape index (κ3) is 8.85. The monoisotopic (exact) mass is 678 g/mol. The maximum atomic E-state index is 15.2. The van der Waals surface area contributed by atoms with Gasteiger partial charge in [-0.25, -0.2) is 9.59 Å². The molecule has 0 saturated carbocycles. The average molecular weight is 678 g/mol. The second-order valence-corrected chi connectivity index (χ2v) is 14.8. The van der Waals surface area contributed by atoms with Crippen LogP contribution in [0.25, 0.3) is 11.3 Å². The van der Waals surface area contributed by atoms with Gasteiger partial charge in [0, 0.05) is 18.8 Å². The molecule has 1 heterocycles. The molecule has 0 bridgehead atoms. The molecule has 254 valence electrons. The Kier molecular flexibility index (Phi) is 11.1. The fraction of sp³-hybridized carbons (Fsp3) is 0.419. The number of ether oxygens (including phenoxy) is 3. The van der Waals surface area contributed by atoms with Gasteiger partial charge in [0.1, 0.15) is 7.85 Å². The van der Waals surface area contributed by atoms with Crippen LogP contribution in [-0.2, 0) is 52.1 Å². The topological polar surface area (TPSA) is 152 Å². The number of aryl methyl sites for hydroxylation is 1. The molecule has 1 aromatic heterocycles. The molecule has 0 aliphatic heterocycles. The molecule has 0 aliphatic rings. The highest BCUT2D eigenvalue weighted by atomic mass is 31.2. The number of nitrogens with zero attached hydrogens (tertiary/aromatic N) is 2. The minimum atomic E-state index is -5.64. The third-order valence-electron chi connectivity index (χ3n) is 6.89. The molecule has 0 amide bonds. The van der Waals surface area contributed by atoms with Gasteiger partial charge in [0.2, 0.25) is 13.6 Å². The van der Waals surface area contributed by atoms with E-state index in [1.165, 1.54) is 62.0 Å². The number of halogens is 2. The molecule has 47 heavy (non-hydrogen) atoms.